The smallest absolute Gasteiger partial charge is 0.223 e. The maximum Gasteiger partial charge on any atom is 0.223 e. The number of nitrogens with zero attached hydrogens (tertiary/aromatic N) is 2. The van der Waals surface area contributed by atoms with Crippen LogP contribution in [0.1, 0.15) is 5.69 Å². The summed E-state index contributed by atoms with van der Waals surface area (Å²) in [7, 11) is 3.52. The molecule has 0 aromatic carbocycles. The van der Waals surface area contributed by atoms with Gasteiger partial charge in [0.1, 0.15) is 5.03 Å². The van der Waals surface area contributed by atoms with Crippen molar-refractivity contribution in [3.63, 3.8) is 0 Å². The summed E-state index contributed by atoms with van der Waals surface area (Å²) < 4.78 is 4.97. The fraction of sp³-hybridized carbons (Fsp3) is 0.556. The van der Waals surface area contributed by atoms with Crippen LogP contribution in [-0.4, -0.2) is 36.5 Å². The molecule has 1 rings (SSSR count). The molecule has 0 unspecified atom stereocenters. The van der Waals surface area contributed by atoms with Gasteiger partial charge in [-0.05, 0) is 13.0 Å². The Morgan fingerprint density at radius 3 is 2.93 bits per heavy atom. The fourth-order valence-electron chi connectivity index (χ4n) is 0.955. The molecule has 1 aromatic rings. The second-order valence-electron chi connectivity index (χ2n) is 2.76. The predicted molar refractivity (Wildman–Crippen MR) is 58.9 cm³/mol. The van der Waals surface area contributed by atoms with Gasteiger partial charge < -0.3 is 10.1 Å². The van der Waals surface area contributed by atoms with E-state index in [2.05, 4.69) is 15.3 Å². The lowest BCUT2D eigenvalue weighted by molar-refractivity contribution is 0.218. The van der Waals surface area contributed by atoms with Crippen LogP contribution in [0, 0.1) is 6.92 Å². The van der Waals surface area contributed by atoms with Crippen molar-refractivity contribution in [2.45, 2.75) is 11.9 Å². The van der Waals surface area contributed by atoms with Crippen LogP contribution in [0.25, 0.3) is 0 Å². The molecule has 0 saturated heterocycles. The first kappa shape index (κ1) is 11.3. The molecule has 0 amide bonds. The van der Waals surface area contributed by atoms with E-state index in [0.29, 0.717) is 5.95 Å². The molecule has 0 bridgehead atoms. The Morgan fingerprint density at radius 2 is 2.29 bits per heavy atom. The summed E-state index contributed by atoms with van der Waals surface area (Å²) in [5, 5.41) is 3.92. The number of aryl methyl sites for hydroxylation is 1. The van der Waals surface area contributed by atoms with E-state index in [9.17, 15) is 0 Å². The Hall–Kier alpha value is -0.810. The Balaban J connectivity index is 2.62. The van der Waals surface area contributed by atoms with Crippen LogP contribution < -0.4 is 5.32 Å². The molecule has 0 spiro atoms. The van der Waals surface area contributed by atoms with Crippen molar-refractivity contribution in [2.75, 3.05) is 31.8 Å². The summed E-state index contributed by atoms with van der Waals surface area (Å²) in [6, 6.07) is 1.97. The molecule has 0 aliphatic heterocycles. The molecular formula is C9H15N3OS. The molecular weight excluding hydrogens is 198 g/mol. The molecule has 0 fully saturated rings. The molecule has 0 aliphatic rings. The highest BCUT2D eigenvalue weighted by Crippen LogP contribution is 2.17. The molecule has 4 nitrogen and oxygen atoms in total. The lowest BCUT2D eigenvalue weighted by Crippen LogP contribution is -1.99. The van der Waals surface area contributed by atoms with Gasteiger partial charge in [-0.2, -0.15) is 0 Å². The first-order chi connectivity index (χ1) is 6.76. The molecule has 14 heavy (non-hydrogen) atoms. The van der Waals surface area contributed by atoms with Crippen LogP contribution in [0.15, 0.2) is 11.1 Å². The number of rotatable bonds is 5. The molecule has 0 aliphatic carbocycles. The van der Waals surface area contributed by atoms with Crippen molar-refractivity contribution < 1.29 is 4.74 Å². The minimum Gasteiger partial charge on any atom is -0.384 e. The zero-order chi connectivity index (χ0) is 10.4. The van der Waals surface area contributed by atoms with Gasteiger partial charge in [-0.3, -0.25) is 0 Å². The van der Waals surface area contributed by atoms with Gasteiger partial charge in [0, 0.05) is 25.6 Å². The fourth-order valence-corrected chi connectivity index (χ4v) is 1.82. The van der Waals surface area contributed by atoms with Crippen molar-refractivity contribution in [1.29, 1.82) is 0 Å². The summed E-state index contributed by atoms with van der Waals surface area (Å²) in [4.78, 5) is 8.52. The third kappa shape index (κ3) is 3.51. The minimum absolute atomic E-state index is 0.671. The van der Waals surface area contributed by atoms with E-state index in [1.165, 1.54) is 0 Å². The number of ether oxygens (including phenoxy) is 1. The summed E-state index contributed by atoms with van der Waals surface area (Å²) in [5.74, 6) is 1.58. The maximum absolute atomic E-state index is 4.97. The van der Waals surface area contributed by atoms with Crippen LogP contribution in [0.4, 0.5) is 5.95 Å². The zero-order valence-corrected chi connectivity index (χ0v) is 9.52. The summed E-state index contributed by atoms with van der Waals surface area (Å²) >= 11 is 1.67. The van der Waals surface area contributed by atoms with Crippen LogP contribution in [0.5, 0.6) is 0 Å². The summed E-state index contributed by atoms with van der Waals surface area (Å²) in [6.45, 7) is 2.70. The first-order valence-electron chi connectivity index (χ1n) is 4.41. The molecule has 1 heterocycles. The largest absolute Gasteiger partial charge is 0.384 e. The maximum atomic E-state index is 4.97. The molecule has 5 heteroatoms. The Kier molecular flexibility index (Phi) is 4.69. The highest BCUT2D eigenvalue weighted by molar-refractivity contribution is 7.99. The lowest BCUT2D eigenvalue weighted by Gasteiger charge is -2.04. The normalized spacial score (nSPS) is 10.2. The minimum atomic E-state index is 0.671. The molecule has 0 saturated carbocycles. The number of thioether (sulfide) groups is 1. The van der Waals surface area contributed by atoms with Gasteiger partial charge in [0.25, 0.3) is 0 Å². The average Bonchev–Trinajstić information content (AvgIpc) is 2.17. The van der Waals surface area contributed by atoms with Gasteiger partial charge in [-0.1, -0.05) is 0 Å². The van der Waals surface area contributed by atoms with E-state index < -0.39 is 0 Å². The molecule has 1 aromatic heterocycles. The highest BCUT2D eigenvalue weighted by Gasteiger charge is 2.00. The van der Waals surface area contributed by atoms with Gasteiger partial charge in [0.15, 0.2) is 0 Å². The van der Waals surface area contributed by atoms with Crippen molar-refractivity contribution in [2.24, 2.45) is 0 Å². The zero-order valence-electron chi connectivity index (χ0n) is 8.70. The molecule has 0 radical (unpaired) electrons. The number of aromatic nitrogens is 2. The SMILES string of the molecule is CNc1nc(C)cc(SCCOC)n1. The first-order valence-corrected chi connectivity index (χ1v) is 5.40. The monoisotopic (exact) mass is 213 g/mol. The van der Waals surface area contributed by atoms with Crippen molar-refractivity contribution >= 4 is 17.7 Å². The van der Waals surface area contributed by atoms with Crippen LogP contribution in [0.3, 0.4) is 0 Å². The Labute approximate surface area is 88.5 Å². The predicted octanol–water partition coefficient (Wildman–Crippen LogP) is 1.57. The molecule has 1 N–H and O–H groups in total. The second-order valence-corrected chi connectivity index (χ2v) is 3.88. The Morgan fingerprint density at radius 1 is 1.50 bits per heavy atom. The van der Waals surface area contributed by atoms with E-state index in [4.69, 9.17) is 4.74 Å². The standard InChI is InChI=1S/C9H15N3OS/c1-7-6-8(14-5-4-13-3)12-9(10-2)11-7/h6H,4-5H2,1-3H3,(H,10,11,12). The second kappa shape index (κ2) is 5.82. The van der Waals surface area contributed by atoms with E-state index in [1.807, 2.05) is 20.0 Å². The van der Waals surface area contributed by atoms with Crippen LogP contribution in [0.2, 0.25) is 0 Å². The van der Waals surface area contributed by atoms with E-state index >= 15 is 0 Å². The summed E-state index contributed by atoms with van der Waals surface area (Å²) in [5.41, 5.74) is 0.976. The van der Waals surface area contributed by atoms with Gasteiger partial charge in [0.2, 0.25) is 5.95 Å². The number of anilines is 1. The van der Waals surface area contributed by atoms with Crippen molar-refractivity contribution in [3.8, 4) is 0 Å². The van der Waals surface area contributed by atoms with E-state index in [-0.39, 0.29) is 0 Å². The van der Waals surface area contributed by atoms with Gasteiger partial charge >= 0.3 is 0 Å². The average molecular weight is 213 g/mol. The lowest BCUT2D eigenvalue weighted by atomic mass is 10.5. The summed E-state index contributed by atoms with van der Waals surface area (Å²) in [6.07, 6.45) is 0. The number of hydrogen-bond acceptors (Lipinski definition) is 5. The number of nitrogens with one attached hydrogen (secondary N) is 1. The quantitative estimate of drug-likeness (QED) is 0.457. The van der Waals surface area contributed by atoms with Crippen molar-refractivity contribution in [1.82, 2.24) is 9.97 Å². The van der Waals surface area contributed by atoms with Gasteiger partial charge in [0.05, 0.1) is 6.61 Å². The van der Waals surface area contributed by atoms with Crippen LogP contribution in [-0.2, 0) is 4.74 Å². The highest BCUT2D eigenvalue weighted by atomic mass is 32.2. The van der Waals surface area contributed by atoms with Gasteiger partial charge in [-0.25, -0.2) is 9.97 Å². The topological polar surface area (TPSA) is 47.0 Å². The van der Waals surface area contributed by atoms with E-state index in [1.54, 1.807) is 18.9 Å². The van der Waals surface area contributed by atoms with Crippen molar-refractivity contribution in [3.05, 3.63) is 11.8 Å². The Bertz CT molecular complexity index is 293. The number of methoxy groups -OCH3 is 1. The van der Waals surface area contributed by atoms with Crippen LogP contribution >= 0.6 is 11.8 Å². The molecule has 0 atom stereocenters. The third-order valence-electron chi connectivity index (χ3n) is 1.59. The number of hydrogen-bond donors (Lipinski definition) is 1. The third-order valence-corrected chi connectivity index (χ3v) is 2.47. The molecule has 78 valence electrons. The van der Waals surface area contributed by atoms with Gasteiger partial charge in [-0.15, -0.1) is 11.8 Å². The van der Waals surface area contributed by atoms with E-state index in [0.717, 1.165) is 23.1 Å².